The highest BCUT2D eigenvalue weighted by molar-refractivity contribution is 6.05. The molecule has 0 saturated heterocycles. The van der Waals surface area contributed by atoms with Crippen molar-refractivity contribution in [2.24, 2.45) is 5.16 Å². The van der Waals surface area contributed by atoms with Crippen molar-refractivity contribution in [3.05, 3.63) is 29.8 Å². The van der Waals surface area contributed by atoms with E-state index in [0.29, 0.717) is 6.42 Å². The van der Waals surface area contributed by atoms with Crippen molar-refractivity contribution in [3.63, 3.8) is 0 Å². The number of benzene rings is 1. The van der Waals surface area contributed by atoms with Gasteiger partial charge in [0.2, 0.25) is 6.10 Å². The number of oxime groups is 1. The Labute approximate surface area is 112 Å². The standard InChI is InChI=1S/C14H18N2O3/c1-9(2)15-14(17)13-8-11(16-19-13)10-6-4-5-7-12(10)18-3/h4-7,9,13H,8H2,1-3H3,(H,15,17)/t13-/m0/s1. The van der Waals surface area contributed by atoms with Crippen LogP contribution in [0.15, 0.2) is 29.4 Å². The van der Waals surface area contributed by atoms with E-state index in [1.807, 2.05) is 38.1 Å². The van der Waals surface area contributed by atoms with E-state index in [1.54, 1.807) is 7.11 Å². The summed E-state index contributed by atoms with van der Waals surface area (Å²) in [6, 6.07) is 7.65. The molecule has 1 aliphatic heterocycles. The topological polar surface area (TPSA) is 59.9 Å². The van der Waals surface area contributed by atoms with Crippen LogP contribution in [-0.2, 0) is 9.63 Å². The Kier molecular flexibility index (Phi) is 4.04. The van der Waals surface area contributed by atoms with Crippen LogP contribution in [0.25, 0.3) is 0 Å². The molecule has 1 aromatic carbocycles. The number of nitrogens with zero attached hydrogens (tertiary/aromatic N) is 1. The van der Waals surface area contributed by atoms with Crippen LogP contribution in [0.2, 0.25) is 0 Å². The maximum absolute atomic E-state index is 11.8. The van der Waals surface area contributed by atoms with E-state index in [-0.39, 0.29) is 11.9 Å². The number of nitrogens with one attached hydrogen (secondary N) is 1. The van der Waals surface area contributed by atoms with E-state index in [4.69, 9.17) is 9.57 Å². The van der Waals surface area contributed by atoms with Crippen LogP contribution in [0.1, 0.15) is 25.8 Å². The van der Waals surface area contributed by atoms with Crippen molar-refractivity contribution in [1.29, 1.82) is 0 Å². The van der Waals surface area contributed by atoms with Crippen LogP contribution in [-0.4, -0.2) is 30.9 Å². The molecule has 1 aliphatic rings. The number of hydrogen-bond acceptors (Lipinski definition) is 4. The van der Waals surface area contributed by atoms with Crippen molar-refractivity contribution in [3.8, 4) is 5.75 Å². The number of carbonyl (C=O) groups is 1. The van der Waals surface area contributed by atoms with Gasteiger partial charge in [-0.25, -0.2) is 0 Å². The Morgan fingerprint density at radius 3 is 2.89 bits per heavy atom. The maximum atomic E-state index is 11.8. The fourth-order valence-corrected chi connectivity index (χ4v) is 1.94. The van der Waals surface area contributed by atoms with Gasteiger partial charge in [0.1, 0.15) is 5.75 Å². The first-order valence-corrected chi connectivity index (χ1v) is 6.28. The number of ether oxygens (including phenoxy) is 1. The van der Waals surface area contributed by atoms with Crippen LogP contribution in [0, 0.1) is 0 Å². The van der Waals surface area contributed by atoms with Crippen molar-refractivity contribution in [2.75, 3.05) is 7.11 Å². The highest BCUT2D eigenvalue weighted by atomic mass is 16.6. The normalized spacial score (nSPS) is 17.9. The fraction of sp³-hybridized carbons (Fsp3) is 0.429. The lowest BCUT2D eigenvalue weighted by Crippen LogP contribution is -2.38. The third-order valence-electron chi connectivity index (χ3n) is 2.81. The van der Waals surface area contributed by atoms with Crippen molar-refractivity contribution in [2.45, 2.75) is 32.4 Å². The number of amides is 1. The summed E-state index contributed by atoms with van der Waals surface area (Å²) >= 11 is 0. The molecular weight excluding hydrogens is 244 g/mol. The number of hydrogen-bond donors (Lipinski definition) is 1. The summed E-state index contributed by atoms with van der Waals surface area (Å²) in [5.74, 6) is 0.596. The van der Waals surface area contributed by atoms with Gasteiger partial charge in [0.05, 0.1) is 12.8 Å². The largest absolute Gasteiger partial charge is 0.496 e. The Hall–Kier alpha value is -2.04. The average molecular weight is 262 g/mol. The molecule has 0 bridgehead atoms. The van der Waals surface area contributed by atoms with Crippen LogP contribution >= 0.6 is 0 Å². The summed E-state index contributed by atoms with van der Waals surface area (Å²) < 4.78 is 5.28. The van der Waals surface area contributed by atoms with E-state index in [2.05, 4.69) is 10.5 Å². The minimum Gasteiger partial charge on any atom is -0.496 e. The second-order valence-electron chi connectivity index (χ2n) is 4.70. The molecule has 1 heterocycles. The molecule has 1 N–H and O–H groups in total. The molecule has 1 amide bonds. The van der Waals surface area contributed by atoms with Gasteiger partial charge in [-0.15, -0.1) is 0 Å². The monoisotopic (exact) mass is 262 g/mol. The van der Waals surface area contributed by atoms with Crippen molar-refractivity contribution in [1.82, 2.24) is 5.32 Å². The lowest BCUT2D eigenvalue weighted by Gasteiger charge is -2.12. The Balaban J connectivity index is 2.07. The molecule has 5 heteroatoms. The number of methoxy groups -OCH3 is 1. The number of carbonyl (C=O) groups excluding carboxylic acids is 1. The molecule has 0 aliphatic carbocycles. The van der Waals surface area contributed by atoms with E-state index in [1.165, 1.54) is 0 Å². The van der Waals surface area contributed by atoms with E-state index in [9.17, 15) is 4.79 Å². The highest BCUT2D eigenvalue weighted by Gasteiger charge is 2.30. The quantitative estimate of drug-likeness (QED) is 0.898. The molecule has 19 heavy (non-hydrogen) atoms. The van der Waals surface area contributed by atoms with Gasteiger partial charge in [-0.05, 0) is 26.0 Å². The van der Waals surface area contributed by atoms with Gasteiger partial charge in [0.15, 0.2) is 0 Å². The van der Waals surface area contributed by atoms with Gasteiger partial charge in [-0.2, -0.15) is 0 Å². The Morgan fingerprint density at radius 2 is 2.21 bits per heavy atom. The van der Waals surface area contributed by atoms with E-state index < -0.39 is 6.10 Å². The summed E-state index contributed by atoms with van der Waals surface area (Å²) in [6.07, 6.45) is -0.0961. The summed E-state index contributed by atoms with van der Waals surface area (Å²) in [6.45, 7) is 3.82. The Bertz CT molecular complexity index is 497. The maximum Gasteiger partial charge on any atom is 0.264 e. The van der Waals surface area contributed by atoms with Gasteiger partial charge < -0.3 is 14.9 Å². The summed E-state index contributed by atoms with van der Waals surface area (Å²) in [5, 5.41) is 6.82. The van der Waals surface area contributed by atoms with Gasteiger partial charge >= 0.3 is 0 Å². The number of rotatable bonds is 4. The average Bonchev–Trinajstić information content (AvgIpc) is 2.87. The summed E-state index contributed by atoms with van der Waals surface area (Å²) in [4.78, 5) is 17.0. The van der Waals surface area contributed by atoms with Crippen molar-refractivity contribution >= 4 is 11.6 Å². The highest BCUT2D eigenvalue weighted by Crippen LogP contribution is 2.24. The molecule has 0 fully saturated rings. The fourth-order valence-electron chi connectivity index (χ4n) is 1.94. The summed E-state index contributed by atoms with van der Waals surface area (Å²) in [5.41, 5.74) is 1.60. The van der Waals surface area contributed by atoms with Gasteiger partial charge in [-0.3, -0.25) is 4.79 Å². The predicted molar refractivity (Wildman–Crippen MR) is 72.3 cm³/mol. The molecular formula is C14H18N2O3. The molecule has 0 spiro atoms. The van der Waals surface area contributed by atoms with Crippen LogP contribution in [0.5, 0.6) is 5.75 Å². The molecule has 5 nitrogen and oxygen atoms in total. The zero-order chi connectivity index (χ0) is 13.8. The van der Waals surface area contributed by atoms with Gasteiger partial charge in [0.25, 0.3) is 5.91 Å². The van der Waals surface area contributed by atoms with Gasteiger partial charge in [0, 0.05) is 18.0 Å². The van der Waals surface area contributed by atoms with Crippen LogP contribution < -0.4 is 10.1 Å². The van der Waals surface area contributed by atoms with Crippen molar-refractivity contribution < 1.29 is 14.4 Å². The predicted octanol–water partition coefficient (Wildman–Crippen LogP) is 1.71. The van der Waals surface area contributed by atoms with Gasteiger partial charge in [-0.1, -0.05) is 17.3 Å². The third kappa shape index (κ3) is 3.05. The van der Waals surface area contributed by atoms with Crippen LogP contribution in [0.3, 0.4) is 0 Å². The third-order valence-corrected chi connectivity index (χ3v) is 2.81. The van der Waals surface area contributed by atoms with E-state index in [0.717, 1.165) is 17.0 Å². The molecule has 2 rings (SSSR count). The van der Waals surface area contributed by atoms with E-state index >= 15 is 0 Å². The molecule has 102 valence electrons. The SMILES string of the molecule is COc1ccccc1C1=NO[C@H](C(=O)NC(C)C)C1. The second kappa shape index (κ2) is 5.73. The molecule has 0 radical (unpaired) electrons. The zero-order valence-electron chi connectivity index (χ0n) is 11.3. The molecule has 0 saturated carbocycles. The second-order valence-corrected chi connectivity index (χ2v) is 4.70. The first-order chi connectivity index (χ1) is 9.11. The molecule has 0 aromatic heterocycles. The van der Waals surface area contributed by atoms with Crippen LogP contribution in [0.4, 0.5) is 0 Å². The molecule has 1 aromatic rings. The number of para-hydroxylation sites is 1. The minimum absolute atomic E-state index is 0.0893. The summed E-state index contributed by atoms with van der Waals surface area (Å²) in [7, 11) is 1.61. The first kappa shape index (κ1) is 13.4. The first-order valence-electron chi connectivity index (χ1n) is 6.28. The molecule has 1 atom stereocenters. The molecule has 0 unspecified atom stereocenters. The lowest BCUT2D eigenvalue weighted by atomic mass is 10.0. The zero-order valence-corrected chi connectivity index (χ0v) is 11.3. The lowest BCUT2D eigenvalue weighted by molar-refractivity contribution is -0.131. The minimum atomic E-state index is -0.553. The smallest absolute Gasteiger partial charge is 0.264 e. The Morgan fingerprint density at radius 1 is 1.47 bits per heavy atom.